The van der Waals surface area contributed by atoms with Gasteiger partial charge < -0.3 is 20.6 Å². The highest BCUT2D eigenvalue weighted by molar-refractivity contribution is 5.89. The van der Waals surface area contributed by atoms with Crippen molar-refractivity contribution in [2.24, 2.45) is 0 Å². The number of hydrogen-bond acceptors (Lipinski definition) is 3. The van der Waals surface area contributed by atoms with Crippen molar-refractivity contribution in [3.05, 3.63) is 29.8 Å². The summed E-state index contributed by atoms with van der Waals surface area (Å²) in [5, 5.41) is 14.5. The minimum absolute atomic E-state index is 0.0386. The predicted octanol–water partition coefficient (Wildman–Crippen LogP) is 2.22. The highest BCUT2D eigenvalue weighted by Gasteiger charge is 2.11. The molecule has 1 heterocycles. The Balaban J connectivity index is 1.81. The molecule has 1 aliphatic rings. The van der Waals surface area contributed by atoms with E-state index >= 15 is 0 Å². The molecule has 5 nitrogen and oxygen atoms in total. The molecule has 0 spiro atoms. The molecule has 1 saturated heterocycles. The molecule has 1 aliphatic heterocycles. The van der Waals surface area contributed by atoms with Gasteiger partial charge in [-0.2, -0.15) is 0 Å². The molecule has 122 valence electrons. The van der Waals surface area contributed by atoms with E-state index in [9.17, 15) is 4.79 Å². The van der Waals surface area contributed by atoms with Gasteiger partial charge in [-0.05, 0) is 63.4 Å². The van der Waals surface area contributed by atoms with Crippen LogP contribution in [0.5, 0.6) is 0 Å². The molecular formula is C17H27N3O2. The highest BCUT2D eigenvalue weighted by atomic mass is 16.3. The number of rotatable bonds is 7. The van der Waals surface area contributed by atoms with Crippen molar-refractivity contribution in [2.45, 2.75) is 38.6 Å². The van der Waals surface area contributed by atoms with E-state index in [4.69, 9.17) is 5.11 Å². The Hall–Kier alpha value is -1.59. The number of amides is 2. The summed E-state index contributed by atoms with van der Waals surface area (Å²) in [6, 6.07) is 7.75. The van der Waals surface area contributed by atoms with E-state index in [-0.39, 0.29) is 18.7 Å². The summed E-state index contributed by atoms with van der Waals surface area (Å²) in [5.41, 5.74) is 2.06. The number of likely N-dealkylation sites (tertiary alicyclic amines) is 1. The van der Waals surface area contributed by atoms with Crippen LogP contribution in [0.25, 0.3) is 0 Å². The van der Waals surface area contributed by atoms with Crippen LogP contribution in [-0.2, 0) is 6.42 Å². The number of carbonyl (C=O) groups is 1. The third-order valence-electron chi connectivity index (χ3n) is 4.04. The molecule has 0 aliphatic carbocycles. The number of aliphatic hydroxyl groups excluding tert-OH is 1. The van der Waals surface area contributed by atoms with E-state index in [2.05, 4.69) is 21.6 Å². The quantitative estimate of drug-likeness (QED) is 0.724. The van der Waals surface area contributed by atoms with Crippen molar-refractivity contribution in [3.63, 3.8) is 0 Å². The molecule has 0 saturated carbocycles. The summed E-state index contributed by atoms with van der Waals surface area (Å²) in [6.45, 7) is 5.46. The number of nitrogens with one attached hydrogen (secondary N) is 2. The Kier molecular flexibility index (Phi) is 6.68. The topological polar surface area (TPSA) is 64.6 Å². The zero-order chi connectivity index (χ0) is 15.8. The lowest BCUT2D eigenvalue weighted by Crippen LogP contribution is -2.36. The zero-order valence-electron chi connectivity index (χ0n) is 13.3. The molecule has 5 heteroatoms. The summed E-state index contributed by atoms with van der Waals surface area (Å²) in [7, 11) is 0. The Labute approximate surface area is 132 Å². The van der Waals surface area contributed by atoms with E-state index < -0.39 is 0 Å². The van der Waals surface area contributed by atoms with Crippen LogP contribution < -0.4 is 10.6 Å². The number of benzene rings is 1. The third kappa shape index (κ3) is 5.66. The van der Waals surface area contributed by atoms with Crippen LogP contribution in [0, 0.1) is 0 Å². The monoisotopic (exact) mass is 305 g/mol. The van der Waals surface area contributed by atoms with Crippen LogP contribution in [0.4, 0.5) is 10.5 Å². The minimum Gasteiger partial charge on any atom is -0.396 e. The maximum atomic E-state index is 11.9. The van der Waals surface area contributed by atoms with Crippen molar-refractivity contribution in [2.75, 3.05) is 31.6 Å². The van der Waals surface area contributed by atoms with Gasteiger partial charge in [0, 0.05) is 24.9 Å². The summed E-state index contributed by atoms with van der Waals surface area (Å²) in [6.07, 6.45) is 4.20. The fourth-order valence-corrected chi connectivity index (χ4v) is 2.75. The van der Waals surface area contributed by atoms with Gasteiger partial charge in [0.25, 0.3) is 0 Å². The van der Waals surface area contributed by atoms with Crippen molar-refractivity contribution in [1.29, 1.82) is 0 Å². The molecule has 2 rings (SSSR count). The van der Waals surface area contributed by atoms with Gasteiger partial charge in [0.2, 0.25) is 0 Å². The van der Waals surface area contributed by atoms with Crippen LogP contribution in [0.1, 0.15) is 31.7 Å². The Morgan fingerprint density at radius 2 is 2.14 bits per heavy atom. The van der Waals surface area contributed by atoms with Crippen LogP contribution >= 0.6 is 0 Å². The Morgan fingerprint density at radius 3 is 2.86 bits per heavy atom. The molecule has 0 radical (unpaired) electrons. The lowest BCUT2D eigenvalue weighted by molar-refractivity contribution is 0.241. The average molecular weight is 305 g/mol. The van der Waals surface area contributed by atoms with E-state index in [0.717, 1.165) is 18.7 Å². The molecule has 1 aromatic rings. The number of nitrogens with zero attached hydrogens (tertiary/aromatic N) is 1. The zero-order valence-corrected chi connectivity index (χ0v) is 13.3. The molecule has 1 aromatic carbocycles. The van der Waals surface area contributed by atoms with Gasteiger partial charge in [0.1, 0.15) is 0 Å². The van der Waals surface area contributed by atoms with Gasteiger partial charge in [-0.3, -0.25) is 0 Å². The molecule has 1 fully saturated rings. The van der Waals surface area contributed by atoms with Gasteiger partial charge in [-0.25, -0.2) is 4.79 Å². The first-order valence-electron chi connectivity index (χ1n) is 8.17. The molecule has 0 unspecified atom stereocenters. The minimum atomic E-state index is -0.224. The third-order valence-corrected chi connectivity index (χ3v) is 4.04. The second-order valence-electron chi connectivity index (χ2n) is 6.01. The number of aliphatic hydroxyl groups is 1. The molecule has 2 amide bonds. The summed E-state index contributed by atoms with van der Waals surface area (Å²) < 4.78 is 0. The first-order chi connectivity index (χ1) is 10.7. The maximum Gasteiger partial charge on any atom is 0.319 e. The fourth-order valence-electron chi connectivity index (χ4n) is 2.75. The van der Waals surface area contributed by atoms with Gasteiger partial charge >= 0.3 is 6.03 Å². The van der Waals surface area contributed by atoms with Crippen LogP contribution in [0.2, 0.25) is 0 Å². The number of urea groups is 1. The Bertz CT molecular complexity index is 473. The molecule has 22 heavy (non-hydrogen) atoms. The predicted molar refractivity (Wildman–Crippen MR) is 89.1 cm³/mol. The second-order valence-corrected chi connectivity index (χ2v) is 6.01. The molecule has 3 N–H and O–H groups in total. The number of hydrogen-bond donors (Lipinski definition) is 3. The summed E-state index contributed by atoms with van der Waals surface area (Å²) >= 11 is 0. The lowest BCUT2D eigenvalue weighted by atomic mass is 10.1. The van der Waals surface area contributed by atoms with Crippen molar-refractivity contribution < 1.29 is 9.90 Å². The molecule has 0 bridgehead atoms. The van der Waals surface area contributed by atoms with Crippen molar-refractivity contribution in [1.82, 2.24) is 10.2 Å². The Morgan fingerprint density at radius 1 is 1.36 bits per heavy atom. The van der Waals surface area contributed by atoms with Gasteiger partial charge in [-0.15, -0.1) is 0 Å². The van der Waals surface area contributed by atoms with E-state index in [1.165, 1.54) is 31.5 Å². The van der Waals surface area contributed by atoms with Crippen molar-refractivity contribution >= 4 is 11.7 Å². The molecule has 1 atom stereocenters. The van der Waals surface area contributed by atoms with Crippen LogP contribution in [0.15, 0.2) is 24.3 Å². The number of anilines is 1. The summed E-state index contributed by atoms with van der Waals surface area (Å²) in [5.74, 6) is 0. The number of carbonyl (C=O) groups excluding carboxylic acids is 1. The SMILES string of the molecule is C[C@H](CCO)NC(=O)Nc1cccc(CCN2CCCC2)c1. The van der Waals surface area contributed by atoms with Gasteiger partial charge in [0.05, 0.1) is 0 Å². The maximum absolute atomic E-state index is 11.9. The normalized spacial score (nSPS) is 16.5. The lowest BCUT2D eigenvalue weighted by Gasteiger charge is -2.15. The van der Waals surface area contributed by atoms with Crippen molar-refractivity contribution in [3.8, 4) is 0 Å². The largest absolute Gasteiger partial charge is 0.396 e. The van der Waals surface area contributed by atoms with Gasteiger partial charge in [-0.1, -0.05) is 12.1 Å². The van der Waals surface area contributed by atoms with E-state index in [1.54, 1.807) is 0 Å². The smallest absolute Gasteiger partial charge is 0.319 e. The summed E-state index contributed by atoms with van der Waals surface area (Å²) in [4.78, 5) is 14.4. The van der Waals surface area contributed by atoms with E-state index in [1.807, 2.05) is 25.1 Å². The van der Waals surface area contributed by atoms with Gasteiger partial charge in [0.15, 0.2) is 0 Å². The average Bonchev–Trinajstić information content (AvgIpc) is 2.99. The fraction of sp³-hybridized carbons (Fsp3) is 0.588. The van der Waals surface area contributed by atoms with Crippen LogP contribution in [-0.4, -0.2) is 48.3 Å². The van der Waals surface area contributed by atoms with E-state index in [0.29, 0.717) is 6.42 Å². The second kappa shape index (κ2) is 8.76. The first kappa shape index (κ1) is 16.8. The molecule has 0 aromatic heterocycles. The standard InChI is InChI=1S/C17H27N3O2/c1-14(8-12-21)18-17(22)19-16-6-4-5-15(13-16)7-11-20-9-2-3-10-20/h4-6,13-14,21H,2-3,7-12H2,1H3,(H2,18,19,22)/t14-/m1/s1. The first-order valence-corrected chi connectivity index (χ1v) is 8.17. The highest BCUT2D eigenvalue weighted by Crippen LogP contribution is 2.13. The molecular weight excluding hydrogens is 278 g/mol. The van der Waals surface area contributed by atoms with Crippen LogP contribution in [0.3, 0.4) is 0 Å².